The Labute approximate surface area is 295 Å². The molecule has 2 heterocycles. The number of carboxylic acids is 1. The molecule has 0 radical (unpaired) electrons. The molecule has 51 heavy (non-hydrogen) atoms. The topological polar surface area (TPSA) is 165 Å². The van der Waals surface area contributed by atoms with Gasteiger partial charge in [0.15, 0.2) is 0 Å². The highest BCUT2D eigenvalue weighted by atomic mass is 16.6. The first kappa shape index (κ1) is 36.7. The van der Waals surface area contributed by atoms with Gasteiger partial charge >= 0.3 is 17.6 Å². The van der Waals surface area contributed by atoms with E-state index in [1.165, 1.54) is 16.8 Å². The van der Waals surface area contributed by atoms with Crippen LogP contribution in [-0.4, -0.2) is 65.5 Å². The molecule has 0 spiro atoms. The summed E-state index contributed by atoms with van der Waals surface area (Å²) >= 11 is 0. The predicted molar refractivity (Wildman–Crippen MR) is 186 cm³/mol. The molecule has 1 aromatic heterocycles. The van der Waals surface area contributed by atoms with Crippen LogP contribution in [0.3, 0.4) is 0 Å². The molecular weight excluding hydrogens is 658 g/mol. The molecular formula is C38H41N3O10. The van der Waals surface area contributed by atoms with E-state index in [-0.39, 0.29) is 37.1 Å². The minimum Gasteiger partial charge on any atom is -0.497 e. The fourth-order valence-electron chi connectivity index (χ4n) is 5.84. The van der Waals surface area contributed by atoms with E-state index in [1.807, 2.05) is 78.9 Å². The van der Waals surface area contributed by atoms with E-state index >= 15 is 0 Å². The average molecular weight is 700 g/mol. The second kappa shape index (κ2) is 16.5. The number of nitrogens with one attached hydrogen (secondary N) is 1. The van der Waals surface area contributed by atoms with Gasteiger partial charge < -0.3 is 34.1 Å². The summed E-state index contributed by atoms with van der Waals surface area (Å²) in [6.45, 7) is 3.32. The highest BCUT2D eigenvalue weighted by Gasteiger charge is 2.44. The number of hydrogen-bond acceptors (Lipinski definition) is 10. The molecule has 1 amide bonds. The second-order valence-corrected chi connectivity index (χ2v) is 12.2. The zero-order chi connectivity index (χ0) is 36.5. The molecule has 3 atom stereocenters. The smallest absolute Gasteiger partial charge is 0.351 e. The van der Waals surface area contributed by atoms with E-state index < -0.39 is 48.1 Å². The number of hydrogen-bond donors (Lipinski definition) is 2. The number of aromatic nitrogens is 2. The van der Waals surface area contributed by atoms with E-state index in [2.05, 4.69) is 10.3 Å². The van der Waals surface area contributed by atoms with Crippen LogP contribution in [0.25, 0.3) is 0 Å². The van der Waals surface area contributed by atoms with Gasteiger partial charge in [-0.15, -0.1) is 0 Å². The zero-order valence-electron chi connectivity index (χ0n) is 28.8. The van der Waals surface area contributed by atoms with Crippen molar-refractivity contribution in [3.05, 3.63) is 118 Å². The highest BCUT2D eigenvalue weighted by Crippen LogP contribution is 2.43. The van der Waals surface area contributed by atoms with Crippen molar-refractivity contribution in [1.82, 2.24) is 9.55 Å². The lowest BCUT2D eigenvalue weighted by Gasteiger charge is -2.37. The summed E-state index contributed by atoms with van der Waals surface area (Å²) in [6, 6.07) is 26.0. The van der Waals surface area contributed by atoms with Crippen LogP contribution >= 0.6 is 0 Å². The van der Waals surface area contributed by atoms with Crippen molar-refractivity contribution >= 4 is 23.7 Å². The molecule has 4 aromatic rings. The second-order valence-electron chi connectivity index (χ2n) is 12.2. The molecule has 0 aliphatic carbocycles. The molecule has 268 valence electrons. The predicted octanol–water partition coefficient (Wildman–Crippen LogP) is 4.93. The minimum absolute atomic E-state index is 0.0511. The van der Waals surface area contributed by atoms with Gasteiger partial charge in [-0.1, -0.05) is 68.4 Å². The first-order chi connectivity index (χ1) is 24.5. The zero-order valence-corrected chi connectivity index (χ0v) is 28.8. The van der Waals surface area contributed by atoms with Crippen molar-refractivity contribution in [2.75, 3.05) is 26.1 Å². The van der Waals surface area contributed by atoms with Gasteiger partial charge in [0.05, 0.1) is 33.7 Å². The molecule has 1 saturated heterocycles. The maximum Gasteiger partial charge on any atom is 0.351 e. The van der Waals surface area contributed by atoms with Gasteiger partial charge in [0.2, 0.25) is 5.91 Å². The monoisotopic (exact) mass is 699 g/mol. The van der Waals surface area contributed by atoms with Crippen LogP contribution in [0.4, 0.5) is 5.82 Å². The number of carbonyl (C=O) groups is 3. The van der Waals surface area contributed by atoms with E-state index in [1.54, 1.807) is 28.1 Å². The molecule has 3 unspecified atom stereocenters. The summed E-state index contributed by atoms with van der Waals surface area (Å²) in [7, 11) is 3.17. The first-order valence-electron chi connectivity index (χ1n) is 16.5. The summed E-state index contributed by atoms with van der Waals surface area (Å²) in [4.78, 5) is 53.3. The Hall–Kier alpha value is -5.53. The molecule has 2 N–H and O–H groups in total. The number of ether oxygens (including phenoxy) is 5. The molecule has 0 saturated carbocycles. The minimum atomic E-state index is -1.21. The SMILES string of the molecule is COc1ccc(C(OCC2OC(n3ccc(NC(=O)C(C)C)nc3=O)CC2OC(=O)CCC(=O)O)(c2ccccc2)c2ccc(OC)cc2)cc1. The van der Waals surface area contributed by atoms with Crippen molar-refractivity contribution in [2.24, 2.45) is 5.92 Å². The van der Waals surface area contributed by atoms with Gasteiger partial charge in [-0.3, -0.25) is 19.0 Å². The molecule has 13 heteroatoms. The Bertz CT molecular complexity index is 1810. The van der Waals surface area contributed by atoms with Crippen LogP contribution < -0.4 is 20.5 Å². The van der Waals surface area contributed by atoms with E-state index in [9.17, 15) is 19.2 Å². The lowest BCUT2D eigenvalue weighted by Crippen LogP contribution is -2.39. The Morgan fingerprint density at radius 2 is 1.49 bits per heavy atom. The number of carbonyl (C=O) groups excluding carboxylic acids is 2. The van der Waals surface area contributed by atoms with Crippen LogP contribution in [0.15, 0.2) is 95.9 Å². The molecule has 0 bridgehead atoms. The maximum absolute atomic E-state index is 13.2. The molecule has 1 aliphatic rings. The van der Waals surface area contributed by atoms with Crippen molar-refractivity contribution in [2.45, 2.75) is 57.1 Å². The third-order valence-electron chi connectivity index (χ3n) is 8.56. The number of methoxy groups -OCH3 is 2. The van der Waals surface area contributed by atoms with Gasteiger partial charge in [-0.25, -0.2) is 4.79 Å². The molecule has 5 rings (SSSR count). The number of benzene rings is 3. The number of carboxylic acid groups (broad SMARTS) is 1. The number of nitrogens with zero attached hydrogens (tertiary/aromatic N) is 2. The quantitative estimate of drug-likeness (QED) is 0.128. The molecule has 1 aliphatic heterocycles. The van der Waals surface area contributed by atoms with Gasteiger partial charge in [-0.05, 0) is 47.0 Å². The summed E-state index contributed by atoms with van der Waals surface area (Å²) in [6.07, 6.45) is -1.98. The Morgan fingerprint density at radius 1 is 0.902 bits per heavy atom. The summed E-state index contributed by atoms with van der Waals surface area (Å²) in [5.74, 6) is -1.08. The third-order valence-corrected chi connectivity index (χ3v) is 8.56. The lowest BCUT2D eigenvalue weighted by molar-refractivity contribution is -0.157. The number of rotatable bonds is 15. The number of anilines is 1. The number of aliphatic carboxylic acids is 1. The summed E-state index contributed by atoms with van der Waals surface area (Å²) in [5, 5.41) is 11.7. The summed E-state index contributed by atoms with van der Waals surface area (Å²) in [5.41, 5.74) is 0.430. The van der Waals surface area contributed by atoms with Crippen LogP contribution in [0, 0.1) is 5.92 Å². The van der Waals surface area contributed by atoms with Crippen molar-refractivity contribution < 1.29 is 43.2 Å². The van der Waals surface area contributed by atoms with Crippen molar-refractivity contribution in [3.8, 4) is 11.5 Å². The molecule has 1 fully saturated rings. The number of esters is 1. The van der Waals surface area contributed by atoms with Crippen molar-refractivity contribution in [1.29, 1.82) is 0 Å². The van der Waals surface area contributed by atoms with Crippen molar-refractivity contribution in [3.63, 3.8) is 0 Å². The van der Waals surface area contributed by atoms with Gasteiger partial charge in [0, 0.05) is 18.5 Å². The van der Waals surface area contributed by atoms with Crippen LogP contribution in [0.1, 0.15) is 56.0 Å². The fourth-order valence-corrected chi connectivity index (χ4v) is 5.84. The first-order valence-corrected chi connectivity index (χ1v) is 16.5. The van der Waals surface area contributed by atoms with E-state index in [0.29, 0.717) is 11.5 Å². The van der Waals surface area contributed by atoms with Crippen LogP contribution in [-0.2, 0) is 34.2 Å². The average Bonchev–Trinajstić information content (AvgIpc) is 3.53. The van der Waals surface area contributed by atoms with Crippen LogP contribution in [0.2, 0.25) is 0 Å². The highest BCUT2D eigenvalue weighted by molar-refractivity contribution is 5.91. The number of amides is 1. The Balaban J connectivity index is 1.52. The normalized spacial score (nSPS) is 17.2. The standard InChI is InChI=1S/C38H41N3O10/c1-24(2)36(45)39-32-20-21-41(37(46)40-32)33-22-30(51-35(44)19-18-34(42)43)31(50-33)23-49-38(25-8-6-5-7-9-25,26-10-14-28(47-3)15-11-26)27-12-16-29(48-4)17-13-27/h5-17,20-21,24,30-31,33H,18-19,22-23H2,1-4H3,(H,42,43)(H,39,40,45,46). The van der Waals surface area contributed by atoms with Crippen LogP contribution in [0.5, 0.6) is 11.5 Å². The van der Waals surface area contributed by atoms with Gasteiger partial charge in [0.1, 0.15) is 41.4 Å². The molecule has 13 nitrogen and oxygen atoms in total. The largest absolute Gasteiger partial charge is 0.497 e. The third kappa shape index (κ3) is 8.62. The Morgan fingerprint density at radius 3 is 2.02 bits per heavy atom. The van der Waals surface area contributed by atoms with E-state index in [0.717, 1.165) is 16.7 Å². The Kier molecular flexibility index (Phi) is 11.9. The summed E-state index contributed by atoms with van der Waals surface area (Å²) < 4.78 is 31.3. The fraction of sp³-hybridized carbons (Fsp3) is 0.342. The van der Waals surface area contributed by atoms with E-state index in [4.69, 9.17) is 28.8 Å². The van der Waals surface area contributed by atoms with Gasteiger partial charge in [-0.2, -0.15) is 4.98 Å². The molecule has 3 aromatic carbocycles. The van der Waals surface area contributed by atoms with Gasteiger partial charge in [0.25, 0.3) is 0 Å². The maximum atomic E-state index is 13.2. The lowest BCUT2D eigenvalue weighted by atomic mass is 9.80.